The summed E-state index contributed by atoms with van der Waals surface area (Å²) in [5.41, 5.74) is 5.57. The largest absolute Gasteiger partial charge is 0.329 e. The van der Waals surface area contributed by atoms with Gasteiger partial charge in [-0.2, -0.15) is 12.7 Å². The highest BCUT2D eigenvalue weighted by Gasteiger charge is 2.37. The molecule has 0 saturated heterocycles. The Morgan fingerprint density at radius 3 is 2.40 bits per heavy atom. The monoisotopic (exact) mass is 257 g/mol. The second-order valence-corrected chi connectivity index (χ2v) is 5.47. The van der Waals surface area contributed by atoms with Crippen LogP contribution in [0, 0.1) is 5.92 Å². The molecule has 0 aliphatic heterocycles. The molecule has 1 aliphatic rings. The molecule has 1 unspecified atom stereocenters. The smallest absolute Gasteiger partial charge is 0.279 e. The molecule has 0 bridgehead atoms. The number of nitrogens with zero attached hydrogens (tertiary/aromatic N) is 1. The van der Waals surface area contributed by atoms with E-state index in [-0.39, 0.29) is 18.4 Å². The molecule has 1 rings (SSSR count). The number of halogens is 1. The number of nitrogens with one attached hydrogen (secondary N) is 1. The lowest BCUT2D eigenvalue weighted by atomic mass is 10.2. The van der Waals surface area contributed by atoms with Gasteiger partial charge in [-0.1, -0.05) is 6.92 Å². The van der Waals surface area contributed by atoms with Gasteiger partial charge in [0, 0.05) is 26.2 Å². The predicted octanol–water partition coefficient (Wildman–Crippen LogP) is -0.0684. The first-order valence-electron chi connectivity index (χ1n) is 4.95. The Morgan fingerprint density at radius 1 is 1.53 bits per heavy atom. The molecule has 1 atom stereocenters. The molecule has 1 fully saturated rings. The molecule has 92 valence electrons. The first kappa shape index (κ1) is 15.1. The summed E-state index contributed by atoms with van der Waals surface area (Å²) in [7, 11) is -1.73. The van der Waals surface area contributed by atoms with Crippen molar-refractivity contribution in [2.75, 3.05) is 20.1 Å². The van der Waals surface area contributed by atoms with E-state index in [1.807, 2.05) is 0 Å². The summed E-state index contributed by atoms with van der Waals surface area (Å²) in [6.07, 6.45) is 2.18. The number of likely N-dealkylation sites (N-methyl/N-ethyl adjacent to an activating group) is 1. The SMILES string of the molecule is CCNS(=O)(=O)N(C)C(CN)C1CC1.Cl. The summed E-state index contributed by atoms with van der Waals surface area (Å²) in [6.45, 7) is 2.57. The molecule has 1 aliphatic carbocycles. The van der Waals surface area contributed by atoms with Crippen LogP contribution in [0.3, 0.4) is 0 Å². The van der Waals surface area contributed by atoms with Gasteiger partial charge in [0.2, 0.25) is 0 Å². The molecular weight excluding hydrogens is 238 g/mol. The van der Waals surface area contributed by atoms with Crippen molar-refractivity contribution in [3.8, 4) is 0 Å². The van der Waals surface area contributed by atoms with Crippen LogP contribution in [0.15, 0.2) is 0 Å². The number of hydrogen-bond acceptors (Lipinski definition) is 3. The van der Waals surface area contributed by atoms with Gasteiger partial charge in [0.1, 0.15) is 0 Å². The molecule has 1 saturated carbocycles. The summed E-state index contributed by atoms with van der Waals surface area (Å²) >= 11 is 0. The van der Waals surface area contributed by atoms with E-state index in [1.165, 1.54) is 4.31 Å². The van der Waals surface area contributed by atoms with E-state index < -0.39 is 10.2 Å². The molecule has 0 radical (unpaired) electrons. The van der Waals surface area contributed by atoms with E-state index in [1.54, 1.807) is 14.0 Å². The molecule has 0 aromatic rings. The Hall–Kier alpha value is 0.120. The lowest BCUT2D eigenvalue weighted by Crippen LogP contribution is -2.48. The summed E-state index contributed by atoms with van der Waals surface area (Å²) < 4.78 is 27.1. The lowest BCUT2D eigenvalue weighted by molar-refractivity contribution is 0.336. The molecule has 0 aromatic carbocycles. The van der Waals surface area contributed by atoms with Crippen molar-refractivity contribution >= 4 is 22.6 Å². The summed E-state index contributed by atoms with van der Waals surface area (Å²) in [6, 6.07) is -0.0425. The van der Waals surface area contributed by atoms with Gasteiger partial charge in [-0.15, -0.1) is 12.4 Å². The summed E-state index contributed by atoms with van der Waals surface area (Å²) in [5, 5.41) is 0. The highest BCUT2D eigenvalue weighted by Crippen LogP contribution is 2.35. The molecular formula is C8H20ClN3O2S. The van der Waals surface area contributed by atoms with Gasteiger partial charge in [0.15, 0.2) is 0 Å². The van der Waals surface area contributed by atoms with Gasteiger partial charge in [-0.3, -0.25) is 0 Å². The minimum Gasteiger partial charge on any atom is -0.329 e. The molecule has 0 heterocycles. The maximum absolute atomic E-state index is 11.6. The van der Waals surface area contributed by atoms with E-state index in [2.05, 4.69) is 4.72 Å². The van der Waals surface area contributed by atoms with Crippen LogP contribution >= 0.6 is 12.4 Å². The molecule has 0 amide bonds. The molecule has 0 aromatic heterocycles. The van der Waals surface area contributed by atoms with Gasteiger partial charge in [0.05, 0.1) is 0 Å². The van der Waals surface area contributed by atoms with Crippen molar-refractivity contribution in [3.05, 3.63) is 0 Å². The second kappa shape index (κ2) is 6.00. The Kier molecular flexibility index (Phi) is 6.05. The van der Waals surface area contributed by atoms with Crippen molar-refractivity contribution in [3.63, 3.8) is 0 Å². The zero-order valence-corrected chi connectivity index (χ0v) is 10.8. The van der Waals surface area contributed by atoms with Crippen molar-refractivity contribution < 1.29 is 8.42 Å². The Bertz CT molecular complexity index is 280. The zero-order valence-electron chi connectivity index (χ0n) is 9.14. The van der Waals surface area contributed by atoms with E-state index in [0.717, 1.165) is 12.8 Å². The maximum Gasteiger partial charge on any atom is 0.279 e. The van der Waals surface area contributed by atoms with Gasteiger partial charge in [0.25, 0.3) is 10.2 Å². The minimum atomic E-state index is -3.32. The van der Waals surface area contributed by atoms with Crippen molar-refractivity contribution in [2.45, 2.75) is 25.8 Å². The van der Waals surface area contributed by atoms with Gasteiger partial charge >= 0.3 is 0 Å². The lowest BCUT2D eigenvalue weighted by Gasteiger charge is -2.26. The van der Waals surface area contributed by atoms with Crippen molar-refractivity contribution in [1.82, 2.24) is 9.03 Å². The van der Waals surface area contributed by atoms with E-state index in [4.69, 9.17) is 5.73 Å². The fourth-order valence-electron chi connectivity index (χ4n) is 1.58. The van der Waals surface area contributed by atoms with E-state index >= 15 is 0 Å². The quantitative estimate of drug-likeness (QED) is 0.700. The van der Waals surface area contributed by atoms with Crippen LogP contribution in [0.25, 0.3) is 0 Å². The highest BCUT2D eigenvalue weighted by atomic mass is 35.5. The Labute approximate surface area is 98.0 Å². The maximum atomic E-state index is 11.6. The summed E-state index contributed by atoms with van der Waals surface area (Å²) in [4.78, 5) is 0. The number of rotatable bonds is 6. The fourth-order valence-corrected chi connectivity index (χ4v) is 2.76. The summed E-state index contributed by atoms with van der Waals surface area (Å²) in [5.74, 6) is 0.457. The first-order valence-corrected chi connectivity index (χ1v) is 6.39. The van der Waals surface area contributed by atoms with Crippen LogP contribution in [0.4, 0.5) is 0 Å². The van der Waals surface area contributed by atoms with Gasteiger partial charge in [-0.05, 0) is 18.8 Å². The van der Waals surface area contributed by atoms with Crippen LogP contribution in [0.2, 0.25) is 0 Å². The molecule has 7 heteroatoms. The van der Waals surface area contributed by atoms with Crippen LogP contribution in [-0.2, 0) is 10.2 Å². The van der Waals surface area contributed by atoms with E-state index in [0.29, 0.717) is 19.0 Å². The molecule has 5 nitrogen and oxygen atoms in total. The number of hydrogen-bond donors (Lipinski definition) is 2. The first-order chi connectivity index (χ1) is 6.53. The average Bonchev–Trinajstić information content (AvgIpc) is 2.89. The number of nitrogens with two attached hydrogens (primary N) is 1. The van der Waals surface area contributed by atoms with Crippen LogP contribution in [0.5, 0.6) is 0 Å². The fraction of sp³-hybridized carbons (Fsp3) is 1.00. The third-order valence-electron chi connectivity index (χ3n) is 2.58. The highest BCUT2D eigenvalue weighted by molar-refractivity contribution is 7.87. The topological polar surface area (TPSA) is 75.4 Å². The zero-order chi connectivity index (χ0) is 10.8. The minimum absolute atomic E-state index is 0. The van der Waals surface area contributed by atoms with E-state index in [9.17, 15) is 8.42 Å². The molecule has 0 spiro atoms. The Morgan fingerprint density at radius 2 is 2.07 bits per heavy atom. The van der Waals surface area contributed by atoms with Crippen LogP contribution < -0.4 is 10.5 Å². The van der Waals surface area contributed by atoms with Gasteiger partial charge in [-0.25, -0.2) is 4.72 Å². The standard InChI is InChI=1S/C8H19N3O2S.ClH/c1-3-10-14(12,13)11(2)8(6-9)7-4-5-7;/h7-8,10H,3-6,9H2,1-2H3;1H. The normalized spacial score (nSPS) is 18.7. The molecule has 15 heavy (non-hydrogen) atoms. The van der Waals surface area contributed by atoms with Crippen molar-refractivity contribution in [1.29, 1.82) is 0 Å². The predicted molar refractivity (Wildman–Crippen MR) is 63.2 cm³/mol. The second-order valence-electron chi connectivity index (χ2n) is 3.66. The van der Waals surface area contributed by atoms with Crippen LogP contribution in [0.1, 0.15) is 19.8 Å². The average molecular weight is 258 g/mol. The third kappa shape index (κ3) is 3.88. The Balaban J connectivity index is 0.00000196. The van der Waals surface area contributed by atoms with Gasteiger partial charge < -0.3 is 5.73 Å². The third-order valence-corrected chi connectivity index (χ3v) is 4.26. The van der Waals surface area contributed by atoms with Crippen LogP contribution in [-0.4, -0.2) is 38.9 Å². The van der Waals surface area contributed by atoms with Crippen molar-refractivity contribution in [2.24, 2.45) is 11.7 Å². The molecule has 3 N–H and O–H groups in total.